The molecule has 1 aliphatic heterocycles. The van der Waals surface area contributed by atoms with Crippen LogP contribution in [0.5, 0.6) is 0 Å². The van der Waals surface area contributed by atoms with E-state index in [0.29, 0.717) is 18.5 Å². The molecule has 170 valence electrons. The molecule has 3 rings (SSSR count). The fourth-order valence-corrected chi connectivity index (χ4v) is 4.63. The van der Waals surface area contributed by atoms with Crippen molar-refractivity contribution in [2.75, 3.05) is 40.8 Å². The second kappa shape index (κ2) is 12.1. The second-order valence-electron chi connectivity index (χ2n) is 8.46. The van der Waals surface area contributed by atoms with Crippen LogP contribution >= 0.6 is 24.0 Å². The van der Waals surface area contributed by atoms with Crippen molar-refractivity contribution in [3.63, 3.8) is 0 Å². The van der Waals surface area contributed by atoms with Crippen molar-refractivity contribution in [1.29, 1.82) is 0 Å². The van der Waals surface area contributed by atoms with Gasteiger partial charge in [0.05, 0.1) is 6.04 Å². The molecule has 2 N–H and O–H groups in total. The Hall–Kier alpha value is -1.00. The molecule has 0 amide bonds. The Morgan fingerprint density at radius 1 is 1.13 bits per heavy atom. The van der Waals surface area contributed by atoms with Gasteiger partial charge in [0.15, 0.2) is 5.96 Å². The summed E-state index contributed by atoms with van der Waals surface area (Å²) in [4.78, 5) is 8.79. The summed E-state index contributed by atoms with van der Waals surface area (Å²) in [6.07, 6.45) is 7.62. The first-order valence-corrected chi connectivity index (χ1v) is 10.8. The van der Waals surface area contributed by atoms with Crippen LogP contribution in [0.3, 0.4) is 0 Å². The highest BCUT2D eigenvalue weighted by atomic mass is 127. The van der Waals surface area contributed by atoms with E-state index in [1.165, 1.54) is 43.9 Å². The molecule has 1 saturated heterocycles. The number of piperidine rings is 1. The zero-order valence-electron chi connectivity index (χ0n) is 18.3. The van der Waals surface area contributed by atoms with Crippen molar-refractivity contribution in [2.24, 2.45) is 4.99 Å². The van der Waals surface area contributed by atoms with Crippen LogP contribution in [-0.2, 0) is 0 Å². The SMILES string of the molecule is CN=C(NCC(c1c(F)cccc1F)N(C)C)NC1CCN(C2CCCC2)CC1.I. The molecule has 1 unspecified atom stereocenters. The van der Waals surface area contributed by atoms with E-state index in [2.05, 4.69) is 20.5 Å². The maximum Gasteiger partial charge on any atom is 0.191 e. The zero-order chi connectivity index (χ0) is 20.8. The van der Waals surface area contributed by atoms with Gasteiger partial charge < -0.3 is 20.4 Å². The minimum Gasteiger partial charge on any atom is -0.354 e. The van der Waals surface area contributed by atoms with Crippen LogP contribution in [0.15, 0.2) is 23.2 Å². The fourth-order valence-electron chi connectivity index (χ4n) is 4.63. The minimum atomic E-state index is -0.521. The second-order valence-corrected chi connectivity index (χ2v) is 8.46. The van der Waals surface area contributed by atoms with E-state index in [0.717, 1.165) is 32.0 Å². The van der Waals surface area contributed by atoms with Crippen LogP contribution in [0.4, 0.5) is 8.78 Å². The Balaban J connectivity index is 0.00000320. The molecule has 1 atom stereocenters. The predicted octanol–water partition coefficient (Wildman–Crippen LogP) is 3.76. The van der Waals surface area contributed by atoms with Crippen molar-refractivity contribution in [2.45, 2.75) is 56.7 Å². The standard InChI is InChI=1S/C22H35F2N5.HI/c1-25-22(27-16-11-13-29(14-12-16)17-7-4-5-8-17)26-15-20(28(2)3)21-18(23)9-6-10-19(21)24;/h6,9-10,16-17,20H,4-5,7-8,11-15H2,1-3H3,(H2,25,26,27);1H. The maximum absolute atomic E-state index is 14.3. The summed E-state index contributed by atoms with van der Waals surface area (Å²) in [5, 5.41) is 6.77. The van der Waals surface area contributed by atoms with Gasteiger partial charge in [0.2, 0.25) is 0 Å². The fraction of sp³-hybridized carbons (Fsp3) is 0.682. The van der Waals surface area contributed by atoms with Gasteiger partial charge in [0.1, 0.15) is 11.6 Å². The topological polar surface area (TPSA) is 42.9 Å². The number of halogens is 3. The Morgan fingerprint density at radius 2 is 1.73 bits per heavy atom. The number of rotatable bonds is 6. The first-order valence-electron chi connectivity index (χ1n) is 10.8. The van der Waals surface area contributed by atoms with E-state index in [1.54, 1.807) is 7.05 Å². The zero-order valence-corrected chi connectivity index (χ0v) is 20.7. The van der Waals surface area contributed by atoms with E-state index in [9.17, 15) is 8.78 Å². The number of benzene rings is 1. The van der Waals surface area contributed by atoms with Gasteiger partial charge in [-0.2, -0.15) is 0 Å². The molecule has 1 heterocycles. The Bertz CT molecular complexity index is 666. The Labute approximate surface area is 196 Å². The number of nitrogens with zero attached hydrogens (tertiary/aromatic N) is 3. The molecule has 0 radical (unpaired) electrons. The average molecular weight is 535 g/mol. The molecule has 0 aromatic heterocycles. The molecule has 8 heteroatoms. The highest BCUT2D eigenvalue weighted by Gasteiger charge is 2.28. The van der Waals surface area contributed by atoms with Gasteiger partial charge in [-0.1, -0.05) is 18.9 Å². The molecule has 5 nitrogen and oxygen atoms in total. The number of likely N-dealkylation sites (N-methyl/N-ethyl adjacent to an activating group) is 1. The number of aliphatic imine (C=N–C) groups is 1. The van der Waals surface area contributed by atoms with Gasteiger partial charge >= 0.3 is 0 Å². The van der Waals surface area contributed by atoms with Crippen molar-refractivity contribution < 1.29 is 8.78 Å². The lowest BCUT2D eigenvalue weighted by Gasteiger charge is -2.36. The van der Waals surface area contributed by atoms with E-state index in [-0.39, 0.29) is 29.5 Å². The van der Waals surface area contributed by atoms with Gasteiger partial charge in [-0.05, 0) is 51.9 Å². The quantitative estimate of drug-likeness (QED) is 0.331. The molecule has 1 aromatic carbocycles. The lowest BCUT2D eigenvalue weighted by Crippen LogP contribution is -2.51. The summed E-state index contributed by atoms with van der Waals surface area (Å²) in [6.45, 7) is 2.62. The van der Waals surface area contributed by atoms with Gasteiger partial charge in [-0.3, -0.25) is 4.99 Å². The van der Waals surface area contributed by atoms with Gasteiger partial charge in [0.25, 0.3) is 0 Å². The third-order valence-electron chi connectivity index (χ3n) is 6.35. The number of hydrogen-bond acceptors (Lipinski definition) is 3. The Kier molecular flexibility index (Phi) is 10.2. The number of guanidine groups is 1. The van der Waals surface area contributed by atoms with E-state index in [4.69, 9.17) is 0 Å². The third kappa shape index (κ3) is 6.50. The first kappa shape index (κ1) is 25.3. The molecular weight excluding hydrogens is 499 g/mol. The smallest absolute Gasteiger partial charge is 0.191 e. The summed E-state index contributed by atoms with van der Waals surface area (Å²) >= 11 is 0. The molecule has 1 aliphatic carbocycles. The number of hydrogen-bond donors (Lipinski definition) is 2. The van der Waals surface area contributed by atoms with Crippen LogP contribution in [0.2, 0.25) is 0 Å². The average Bonchev–Trinajstić information content (AvgIpc) is 3.24. The molecule has 30 heavy (non-hydrogen) atoms. The first-order chi connectivity index (χ1) is 14.0. The van der Waals surface area contributed by atoms with Crippen LogP contribution in [0, 0.1) is 11.6 Å². The molecule has 2 aliphatic rings. The van der Waals surface area contributed by atoms with Gasteiger partial charge in [-0.15, -0.1) is 24.0 Å². The van der Waals surface area contributed by atoms with Crippen LogP contribution in [-0.4, -0.2) is 68.6 Å². The van der Waals surface area contributed by atoms with E-state index < -0.39 is 17.7 Å². The molecule has 0 bridgehead atoms. The van der Waals surface area contributed by atoms with Crippen molar-refractivity contribution in [3.05, 3.63) is 35.4 Å². The highest BCUT2D eigenvalue weighted by molar-refractivity contribution is 14.0. The summed E-state index contributed by atoms with van der Waals surface area (Å²) in [5.74, 6) is -0.353. The van der Waals surface area contributed by atoms with Crippen LogP contribution in [0.25, 0.3) is 0 Å². The lowest BCUT2D eigenvalue weighted by atomic mass is 10.0. The van der Waals surface area contributed by atoms with Crippen molar-refractivity contribution >= 4 is 29.9 Å². The molecule has 0 spiro atoms. The predicted molar refractivity (Wildman–Crippen MR) is 130 cm³/mol. The largest absolute Gasteiger partial charge is 0.354 e. The summed E-state index contributed by atoms with van der Waals surface area (Å²) < 4.78 is 28.5. The highest BCUT2D eigenvalue weighted by Crippen LogP contribution is 2.26. The molecule has 1 saturated carbocycles. The normalized spacial score (nSPS) is 20.3. The lowest BCUT2D eigenvalue weighted by molar-refractivity contribution is 0.150. The minimum absolute atomic E-state index is 0. The van der Waals surface area contributed by atoms with Gasteiger partial charge in [0, 0.05) is 44.3 Å². The summed E-state index contributed by atoms with van der Waals surface area (Å²) in [5.41, 5.74) is 0.0883. The van der Waals surface area contributed by atoms with Crippen LogP contribution in [0.1, 0.15) is 50.1 Å². The van der Waals surface area contributed by atoms with E-state index >= 15 is 0 Å². The Morgan fingerprint density at radius 3 is 2.27 bits per heavy atom. The summed E-state index contributed by atoms with van der Waals surface area (Å²) in [7, 11) is 5.39. The van der Waals surface area contributed by atoms with Gasteiger partial charge in [-0.25, -0.2) is 8.78 Å². The molecular formula is C22H36F2IN5. The number of nitrogens with one attached hydrogen (secondary N) is 2. The third-order valence-corrected chi connectivity index (χ3v) is 6.35. The van der Waals surface area contributed by atoms with Crippen molar-refractivity contribution in [1.82, 2.24) is 20.4 Å². The summed E-state index contributed by atoms with van der Waals surface area (Å²) in [6, 6.07) is 4.73. The van der Waals surface area contributed by atoms with Crippen LogP contribution < -0.4 is 10.6 Å². The molecule has 1 aromatic rings. The maximum atomic E-state index is 14.3. The monoisotopic (exact) mass is 535 g/mol. The molecule has 2 fully saturated rings. The van der Waals surface area contributed by atoms with E-state index in [1.807, 2.05) is 19.0 Å². The number of likely N-dealkylation sites (tertiary alicyclic amines) is 1. The van der Waals surface area contributed by atoms with Crippen molar-refractivity contribution in [3.8, 4) is 0 Å².